The fourth-order valence-electron chi connectivity index (χ4n) is 6.49. The normalized spacial score (nSPS) is 22.5. The van der Waals surface area contributed by atoms with Crippen LogP contribution in [0, 0.1) is 5.82 Å². The van der Waals surface area contributed by atoms with Crippen LogP contribution < -0.4 is 5.32 Å². The Hall–Kier alpha value is -4.35. The molecule has 1 saturated heterocycles. The third-order valence-electron chi connectivity index (χ3n) is 8.00. The standard InChI is InChI=1S/C29H26F4N6O2/c1-28(31)14-29(32,33)16-38(15-28)27(41)37-7-6-36-13-20(19-9-18(30)8-17(12-37)26(19)36)24-22(40)11-35-25(24)21-10-34-23-4-2-3-5-39(21)23/h2-5,8-10,13,35H,6-7,11-12,14-16H2,1H3. The van der Waals surface area contributed by atoms with Gasteiger partial charge < -0.3 is 19.7 Å². The molecule has 1 unspecified atom stereocenters. The number of hydrogen-bond donors (Lipinski definition) is 1. The highest BCUT2D eigenvalue weighted by Crippen LogP contribution is 2.39. The molecule has 212 valence electrons. The van der Waals surface area contributed by atoms with Crippen LogP contribution in [0.2, 0.25) is 0 Å². The Kier molecular flexibility index (Phi) is 5.51. The molecule has 1 N–H and O–H groups in total. The zero-order valence-corrected chi connectivity index (χ0v) is 22.1. The maximum absolute atomic E-state index is 15.1. The van der Waals surface area contributed by atoms with E-state index in [2.05, 4.69) is 10.3 Å². The fourth-order valence-corrected chi connectivity index (χ4v) is 6.49. The van der Waals surface area contributed by atoms with Crippen molar-refractivity contribution < 1.29 is 27.2 Å². The highest BCUT2D eigenvalue weighted by molar-refractivity contribution is 6.33. The fraction of sp³-hybridized carbons (Fsp3) is 0.345. The van der Waals surface area contributed by atoms with Gasteiger partial charge in [-0.1, -0.05) is 6.07 Å². The van der Waals surface area contributed by atoms with Crippen molar-refractivity contribution in [1.29, 1.82) is 0 Å². The molecule has 0 aliphatic carbocycles. The van der Waals surface area contributed by atoms with E-state index in [9.17, 15) is 22.8 Å². The number of carbonyl (C=O) groups is 2. The van der Waals surface area contributed by atoms with Crippen LogP contribution in [-0.2, 0) is 17.9 Å². The number of halogens is 4. The summed E-state index contributed by atoms with van der Waals surface area (Å²) < 4.78 is 62.0. The van der Waals surface area contributed by atoms with Gasteiger partial charge in [-0.3, -0.25) is 9.20 Å². The Balaban J connectivity index is 1.30. The van der Waals surface area contributed by atoms with Gasteiger partial charge in [-0.05, 0) is 36.8 Å². The van der Waals surface area contributed by atoms with Gasteiger partial charge in [0.1, 0.15) is 17.1 Å². The van der Waals surface area contributed by atoms with Crippen LogP contribution in [0.4, 0.5) is 22.4 Å². The number of ketones is 1. The van der Waals surface area contributed by atoms with E-state index in [4.69, 9.17) is 0 Å². The van der Waals surface area contributed by atoms with Crippen molar-refractivity contribution in [1.82, 2.24) is 29.1 Å². The number of fused-ring (bicyclic) bond motifs is 1. The molecule has 0 saturated carbocycles. The van der Waals surface area contributed by atoms with E-state index >= 15 is 4.39 Å². The quantitative estimate of drug-likeness (QED) is 0.364. The Morgan fingerprint density at radius 2 is 1.93 bits per heavy atom. The van der Waals surface area contributed by atoms with Crippen LogP contribution in [-0.4, -0.2) is 73.3 Å². The van der Waals surface area contributed by atoms with E-state index in [0.29, 0.717) is 44.6 Å². The molecule has 2 amide bonds. The molecule has 0 bridgehead atoms. The smallest absolute Gasteiger partial charge is 0.320 e. The minimum atomic E-state index is -3.34. The van der Waals surface area contributed by atoms with Crippen molar-refractivity contribution in [2.75, 3.05) is 26.2 Å². The van der Waals surface area contributed by atoms with E-state index in [1.807, 2.05) is 33.4 Å². The number of amides is 2. The van der Waals surface area contributed by atoms with Gasteiger partial charge in [-0.15, -0.1) is 0 Å². The van der Waals surface area contributed by atoms with Crippen molar-refractivity contribution in [2.45, 2.75) is 38.0 Å². The molecule has 0 spiro atoms. The molecule has 3 aliphatic rings. The third kappa shape index (κ3) is 4.23. The van der Waals surface area contributed by atoms with Crippen molar-refractivity contribution >= 4 is 39.6 Å². The predicted octanol–water partition coefficient (Wildman–Crippen LogP) is 4.47. The number of carbonyl (C=O) groups excluding carboxylic acids is 2. The van der Waals surface area contributed by atoms with E-state index in [1.54, 1.807) is 12.4 Å². The number of nitrogens with zero attached hydrogens (tertiary/aromatic N) is 5. The maximum Gasteiger partial charge on any atom is 0.320 e. The monoisotopic (exact) mass is 566 g/mol. The first-order chi connectivity index (χ1) is 19.5. The van der Waals surface area contributed by atoms with Gasteiger partial charge >= 0.3 is 6.03 Å². The zero-order valence-electron chi connectivity index (χ0n) is 22.1. The van der Waals surface area contributed by atoms with Gasteiger partial charge in [0, 0.05) is 49.4 Å². The number of Topliss-reactive ketones (excluding diaryl/α,β-unsaturated/α-hetero) is 1. The van der Waals surface area contributed by atoms with Crippen LogP contribution in [0.1, 0.15) is 30.2 Å². The first kappa shape index (κ1) is 25.6. The SMILES string of the molecule is CC1(F)CN(C(=O)N2CCn3cc(C4=C(c5cnc6ccccn56)NCC4=O)c4cc(F)cc(c43)C2)CC(F)(F)C1. The number of benzene rings is 1. The van der Waals surface area contributed by atoms with Gasteiger partial charge in [-0.2, -0.15) is 0 Å². The number of imidazole rings is 1. The number of piperidine rings is 1. The summed E-state index contributed by atoms with van der Waals surface area (Å²) in [7, 11) is 0. The van der Waals surface area contributed by atoms with E-state index in [1.165, 1.54) is 17.0 Å². The van der Waals surface area contributed by atoms with Crippen LogP contribution >= 0.6 is 0 Å². The number of rotatable bonds is 2. The number of pyridine rings is 1. The minimum Gasteiger partial charge on any atom is -0.375 e. The zero-order chi connectivity index (χ0) is 28.7. The first-order valence-electron chi connectivity index (χ1n) is 13.4. The lowest BCUT2D eigenvalue weighted by atomic mass is 9.94. The molecule has 41 heavy (non-hydrogen) atoms. The predicted molar refractivity (Wildman–Crippen MR) is 143 cm³/mol. The van der Waals surface area contributed by atoms with Gasteiger partial charge in [0.25, 0.3) is 5.92 Å². The van der Waals surface area contributed by atoms with Crippen molar-refractivity contribution in [2.24, 2.45) is 0 Å². The number of nitrogens with one attached hydrogen (secondary N) is 1. The number of likely N-dealkylation sites (tertiary alicyclic amines) is 1. The van der Waals surface area contributed by atoms with Crippen LogP contribution in [0.3, 0.4) is 0 Å². The molecule has 1 fully saturated rings. The number of urea groups is 1. The topological polar surface area (TPSA) is 74.9 Å². The lowest BCUT2D eigenvalue weighted by molar-refractivity contribution is -0.112. The lowest BCUT2D eigenvalue weighted by Crippen LogP contribution is -2.58. The van der Waals surface area contributed by atoms with Gasteiger partial charge in [-0.25, -0.2) is 27.3 Å². The molecule has 3 aromatic heterocycles. The van der Waals surface area contributed by atoms with Gasteiger partial charge in [0.15, 0.2) is 5.78 Å². The average molecular weight is 567 g/mol. The summed E-state index contributed by atoms with van der Waals surface area (Å²) in [4.78, 5) is 33.2. The summed E-state index contributed by atoms with van der Waals surface area (Å²) >= 11 is 0. The summed E-state index contributed by atoms with van der Waals surface area (Å²) in [5.74, 6) is -4.05. The molecule has 12 heteroatoms. The molecule has 7 rings (SSSR count). The Bertz CT molecular complexity index is 1770. The second-order valence-electron chi connectivity index (χ2n) is 11.3. The molecule has 1 atom stereocenters. The van der Waals surface area contributed by atoms with E-state index in [0.717, 1.165) is 11.8 Å². The molecular formula is C29H26F4N6O2. The van der Waals surface area contributed by atoms with Gasteiger partial charge in [0.2, 0.25) is 0 Å². The summed E-state index contributed by atoms with van der Waals surface area (Å²) in [5.41, 5.74) is 1.88. The van der Waals surface area contributed by atoms with Crippen molar-refractivity contribution in [3.63, 3.8) is 0 Å². The Morgan fingerprint density at radius 1 is 1.10 bits per heavy atom. The second-order valence-corrected chi connectivity index (χ2v) is 11.3. The van der Waals surface area contributed by atoms with Gasteiger partial charge in [0.05, 0.1) is 48.3 Å². The van der Waals surface area contributed by atoms with E-state index < -0.39 is 42.9 Å². The summed E-state index contributed by atoms with van der Waals surface area (Å²) in [6.07, 6.45) is 4.36. The van der Waals surface area contributed by atoms with Crippen molar-refractivity contribution in [3.8, 4) is 0 Å². The molecule has 1 aromatic carbocycles. The second kappa shape index (κ2) is 8.82. The molecule has 4 aromatic rings. The van der Waals surface area contributed by atoms with Crippen molar-refractivity contribution in [3.05, 3.63) is 71.6 Å². The Morgan fingerprint density at radius 3 is 2.73 bits per heavy atom. The highest BCUT2D eigenvalue weighted by Gasteiger charge is 2.49. The molecule has 8 nitrogen and oxygen atoms in total. The Labute approximate surface area is 231 Å². The third-order valence-corrected chi connectivity index (χ3v) is 8.00. The minimum absolute atomic E-state index is 0.0486. The summed E-state index contributed by atoms with van der Waals surface area (Å²) in [5, 5.41) is 3.69. The first-order valence-corrected chi connectivity index (χ1v) is 13.4. The van der Waals surface area contributed by atoms with Crippen LogP contribution in [0.15, 0.2) is 48.9 Å². The molecular weight excluding hydrogens is 540 g/mol. The van der Waals surface area contributed by atoms with E-state index in [-0.39, 0.29) is 32.0 Å². The highest BCUT2D eigenvalue weighted by atomic mass is 19.3. The van der Waals surface area contributed by atoms with Crippen LogP contribution in [0.25, 0.3) is 27.8 Å². The molecule has 0 radical (unpaired) electrons. The average Bonchev–Trinajstić information content (AvgIpc) is 3.55. The summed E-state index contributed by atoms with van der Waals surface area (Å²) in [6, 6.07) is 7.54. The lowest BCUT2D eigenvalue weighted by Gasteiger charge is -2.41. The van der Waals surface area contributed by atoms with Crippen LogP contribution in [0.5, 0.6) is 0 Å². The number of aromatic nitrogens is 3. The summed E-state index contributed by atoms with van der Waals surface area (Å²) in [6.45, 7) is 0.199. The maximum atomic E-state index is 15.1. The molecule has 6 heterocycles. The number of hydrogen-bond acceptors (Lipinski definition) is 4. The molecule has 3 aliphatic heterocycles. The number of alkyl halides is 3. The largest absolute Gasteiger partial charge is 0.375 e.